The molecule has 1 amide bonds. The molecule has 178 valence electrons. The van der Waals surface area contributed by atoms with Gasteiger partial charge in [0.25, 0.3) is 0 Å². The van der Waals surface area contributed by atoms with Gasteiger partial charge in [0, 0.05) is 57.2 Å². The Hall–Kier alpha value is -2.87. The Bertz CT molecular complexity index is 1080. The van der Waals surface area contributed by atoms with Crippen LogP contribution in [0, 0.1) is 5.92 Å². The first-order valence-electron chi connectivity index (χ1n) is 12.2. The molecule has 2 aliphatic rings. The molecule has 0 aliphatic carbocycles. The fourth-order valence-electron chi connectivity index (χ4n) is 4.91. The number of pyridine rings is 2. The van der Waals surface area contributed by atoms with E-state index in [2.05, 4.69) is 27.0 Å². The first-order chi connectivity index (χ1) is 16.7. The summed E-state index contributed by atoms with van der Waals surface area (Å²) in [4.78, 5) is 26.5. The summed E-state index contributed by atoms with van der Waals surface area (Å²) in [7, 11) is 0. The Morgan fingerprint density at radius 2 is 1.82 bits per heavy atom. The molecule has 4 heterocycles. The van der Waals surface area contributed by atoms with Gasteiger partial charge in [-0.05, 0) is 48.6 Å². The van der Waals surface area contributed by atoms with E-state index in [0.29, 0.717) is 38.7 Å². The molecule has 2 aromatic heterocycles. The molecule has 2 saturated heterocycles. The van der Waals surface area contributed by atoms with Crippen molar-refractivity contribution < 1.29 is 14.3 Å². The van der Waals surface area contributed by atoms with Crippen LogP contribution in [0.5, 0.6) is 0 Å². The zero-order chi connectivity index (χ0) is 23.2. The van der Waals surface area contributed by atoms with Crippen molar-refractivity contribution in [3.63, 3.8) is 0 Å². The number of nitrogens with zero attached hydrogens (tertiary/aromatic N) is 4. The van der Waals surface area contributed by atoms with Gasteiger partial charge in [-0.1, -0.05) is 24.3 Å². The Morgan fingerprint density at radius 3 is 2.68 bits per heavy atom. The molecular formula is C27H32N4O3. The van der Waals surface area contributed by atoms with Gasteiger partial charge >= 0.3 is 0 Å². The molecule has 2 aliphatic heterocycles. The molecule has 1 atom stereocenters. The first-order valence-corrected chi connectivity index (χ1v) is 12.2. The average Bonchev–Trinajstić information content (AvgIpc) is 3.02. The van der Waals surface area contributed by atoms with Crippen molar-refractivity contribution in [2.45, 2.75) is 32.1 Å². The van der Waals surface area contributed by atoms with E-state index in [1.54, 1.807) is 6.20 Å². The molecule has 7 nitrogen and oxygen atoms in total. The highest BCUT2D eigenvalue weighted by atomic mass is 16.5. The first kappa shape index (κ1) is 22.9. The Kier molecular flexibility index (Phi) is 7.43. The van der Waals surface area contributed by atoms with Crippen LogP contribution < -0.4 is 0 Å². The minimum Gasteiger partial charge on any atom is -0.381 e. The van der Waals surface area contributed by atoms with E-state index in [-0.39, 0.29) is 12.0 Å². The van der Waals surface area contributed by atoms with Crippen LogP contribution in [-0.4, -0.2) is 71.2 Å². The molecule has 0 radical (unpaired) electrons. The van der Waals surface area contributed by atoms with Gasteiger partial charge in [0.1, 0.15) is 0 Å². The third kappa shape index (κ3) is 5.78. The summed E-state index contributed by atoms with van der Waals surface area (Å²) in [6.45, 7) is 5.17. The van der Waals surface area contributed by atoms with Crippen LogP contribution in [0.4, 0.5) is 0 Å². The quantitative estimate of drug-likeness (QED) is 0.539. The number of benzene rings is 1. The zero-order valence-electron chi connectivity index (χ0n) is 19.5. The van der Waals surface area contributed by atoms with Gasteiger partial charge < -0.3 is 14.4 Å². The van der Waals surface area contributed by atoms with Gasteiger partial charge in [0.2, 0.25) is 5.91 Å². The number of hydrogen-bond donors (Lipinski definition) is 0. The summed E-state index contributed by atoms with van der Waals surface area (Å²) >= 11 is 0. The van der Waals surface area contributed by atoms with E-state index in [9.17, 15) is 4.79 Å². The van der Waals surface area contributed by atoms with Crippen molar-refractivity contribution in [3.8, 4) is 0 Å². The lowest BCUT2D eigenvalue weighted by atomic mass is 9.99. The predicted octanol–water partition coefficient (Wildman–Crippen LogP) is 3.29. The van der Waals surface area contributed by atoms with Crippen LogP contribution in [0.1, 0.15) is 24.1 Å². The molecule has 34 heavy (non-hydrogen) atoms. The molecule has 1 aromatic carbocycles. The lowest BCUT2D eigenvalue weighted by Gasteiger charge is -2.30. The third-order valence-corrected chi connectivity index (χ3v) is 6.74. The van der Waals surface area contributed by atoms with E-state index in [1.807, 2.05) is 47.5 Å². The monoisotopic (exact) mass is 460 g/mol. The van der Waals surface area contributed by atoms with Crippen molar-refractivity contribution in [2.75, 3.05) is 39.4 Å². The Balaban J connectivity index is 1.33. The molecule has 0 N–H and O–H groups in total. The highest BCUT2D eigenvalue weighted by molar-refractivity contribution is 5.82. The number of rotatable bonds is 7. The minimum atomic E-state index is -0.0820. The lowest BCUT2D eigenvalue weighted by molar-refractivity contribution is -0.133. The van der Waals surface area contributed by atoms with Crippen LogP contribution in [0.25, 0.3) is 10.9 Å². The van der Waals surface area contributed by atoms with Crippen molar-refractivity contribution >= 4 is 16.8 Å². The predicted molar refractivity (Wildman–Crippen MR) is 130 cm³/mol. The summed E-state index contributed by atoms with van der Waals surface area (Å²) in [6.07, 6.45) is 5.57. The number of aromatic nitrogens is 2. The molecule has 0 saturated carbocycles. The van der Waals surface area contributed by atoms with Crippen LogP contribution in [0.3, 0.4) is 0 Å². The number of ether oxygens (including phenoxy) is 2. The lowest BCUT2D eigenvalue weighted by Crippen LogP contribution is -2.42. The Labute approximate surface area is 200 Å². The number of amides is 1. The maximum absolute atomic E-state index is 13.3. The largest absolute Gasteiger partial charge is 0.381 e. The highest BCUT2D eigenvalue weighted by Gasteiger charge is 2.30. The van der Waals surface area contributed by atoms with Crippen LogP contribution >= 0.6 is 0 Å². The van der Waals surface area contributed by atoms with Gasteiger partial charge in [0.05, 0.1) is 30.5 Å². The van der Waals surface area contributed by atoms with Gasteiger partial charge in [-0.2, -0.15) is 0 Å². The van der Waals surface area contributed by atoms with Crippen LogP contribution in [0.2, 0.25) is 0 Å². The number of carbonyl (C=O) groups excluding carboxylic acids is 1. The summed E-state index contributed by atoms with van der Waals surface area (Å²) in [6, 6.07) is 16.1. The smallest absolute Gasteiger partial charge is 0.236 e. The molecule has 7 heteroatoms. The molecule has 5 rings (SSSR count). The second-order valence-electron chi connectivity index (χ2n) is 9.27. The van der Waals surface area contributed by atoms with Gasteiger partial charge in [-0.3, -0.25) is 19.7 Å². The van der Waals surface area contributed by atoms with Gasteiger partial charge in [-0.25, -0.2) is 0 Å². The summed E-state index contributed by atoms with van der Waals surface area (Å²) < 4.78 is 11.9. The van der Waals surface area contributed by atoms with E-state index >= 15 is 0 Å². The highest BCUT2D eigenvalue weighted by Crippen LogP contribution is 2.22. The van der Waals surface area contributed by atoms with Gasteiger partial charge in [0.15, 0.2) is 0 Å². The van der Waals surface area contributed by atoms with Crippen LogP contribution in [-0.2, 0) is 27.4 Å². The summed E-state index contributed by atoms with van der Waals surface area (Å²) in [5.41, 5.74) is 3.06. The van der Waals surface area contributed by atoms with E-state index in [4.69, 9.17) is 9.47 Å². The van der Waals surface area contributed by atoms with E-state index < -0.39 is 0 Å². The number of fused-ring (bicyclic) bond motifs is 1. The molecule has 2 fully saturated rings. The second-order valence-corrected chi connectivity index (χ2v) is 9.27. The van der Waals surface area contributed by atoms with Crippen molar-refractivity contribution in [1.29, 1.82) is 0 Å². The average molecular weight is 461 g/mol. The second kappa shape index (κ2) is 11.0. The number of para-hydroxylation sites is 1. The SMILES string of the molecule is O=C1CN(Cc2ccnc3ccccc23)CC(OCc2ccccn2)CN1CC1CCOCC1. The van der Waals surface area contributed by atoms with Crippen molar-refractivity contribution in [2.24, 2.45) is 5.92 Å². The molecular weight excluding hydrogens is 428 g/mol. The van der Waals surface area contributed by atoms with Gasteiger partial charge in [-0.15, -0.1) is 0 Å². The van der Waals surface area contributed by atoms with E-state index in [0.717, 1.165) is 49.2 Å². The van der Waals surface area contributed by atoms with Crippen LogP contribution in [0.15, 0.2) is 60.9 Å². The van der Waals surface area contributed by atoms with E-state index in [1.165, 1.54) is 5.56 Å². The molecule has 0 spiro atoms. The molecule has 1 unspecified atom stereocenters. The maximum Gasteiger partial charge on any atom is 0.236 e. The Morgan fingerprint density at radius 1 is 0.971 bits per heavy atom. The van der Waals surface area contributed by atoms with Crippen molar-refractivity contribution in [3.05, 3.63) is 72.2 Å². The maximum atomic E-state index is 13.3. The summed E-state index contributed by atoms with van der Waals surface area (Å²) in [5, 5.41) is 1.13. The third-order valence-electron chi connectivity index (χ3n) is 6.74. The number of hydrogen-bond acceptors (Lipinski definition) is 6. The standard InChI is InChI=1S/C27H32N4O3/c32-27-19-30(16-22-8-12-29-26-7-2-1-6-25(22)26)17-24(34-20-23-5-3-4-11-28-23)18-31(27)15-21-9-13-33-14-10-21/h1-8,11-12,21,24H,9-10,13-20H2. The normalized spacial score (nSPS) is 20.5. The minimum absolute atomic E-state index is 0.0820. The fraction of sp³-hybridized carbons (Fsp3) is 0.444. The zero-order valence-corrected chi connectivity index (χ0v) is 19.5. The topological polar surface area (TPSA) is 67.8 Å². The summed E-state index contributed by atoms with van der Waals surface area (Å²) in [5.74, 6) is 0.665. The number of carbonyl (C=O) groups is 1. The fourth-order valence-corrected chi connectivity index (χ4v) is 4.91. The molecule has 3 aromatic rings. The molecule has 0 bridgehead atoms. The van der Waals surface area contributed by atoms with Crippen molar-refractivity contribution in [1.82, 2.24) is 19.8 Å².